The Morgan fingerprint density at radius 3 is 2.26 bits per heavy atom. The van der Waals surface area contributed by atoms with Crippen LogP contribution in [0.25, 0.3) is 0 Å². The zero-order chi connectivity index (χ0) is 14.6. The summed E-state index contributed by atoms with van der Waals surface area (Å²) in [6, 6.07) is -0.0116. The van der Waals surface area contributed by atoms with E-state index < -0.39 is 12.1 Å². The summed E-state index contributed by atoms with van der Waals surface area (Å²) >= 11 is 0. The van der Waals surface area contributed by atoms with Crippen molar-refractivity contribution < 1.29 is 14.3 Å². The molecule has 1 rings (SSSR count). The molecule has 0 spiro atoms. The zero-order valence-electron chi connectivity index (χ0n) is 12.6. The van der Waals surface area contributed by atoms with Crippen LogP contribution in [-0.2, 0) is 9.53 Å². The minimum atomic E-state index is -0.543. The van der Waals surface area contributed by atoms with Gasteiger partial charge in [-0.1, -0.05) is 20.3 Å². The highest BCUT2D eigenvalue weighted by atomic mass is 16.5. The zero-order valence-corrected chi connectivity index (χ0v) is 12.6. The minimum Gasteiger partial charge on any atom is -0.453 e. The van der Waals surface area contributed by atoms with Crippen molar-refractivity contribution in [2.45, 2.75) is 65.1 Å². The molecule has 0 aliphatic carbocycles. The smallest absolute Gasteiger partial charge is 0.407 e. The summed E-state index contributed by atoms with van der Waals surface area (Å²) in [6.07, 6.45) is 2.34. The van der Waals surface area contributed by atoms with Crippen LogP contribution in [0.1, 0.15) is 47.0 Å². The van der Waals surface area contributed by atoms with Crippen molar-refractivity contribution in [3.8, 4) is 0 Å². The molecule has 0 aromatic rings. The van der Waals surface area contributed by atoms with E-state index in [1.807, 2.05) is 18.7 Å². The van der Waals surface area contributed by atoms with Gasteiger partial charge in [-0.25, -0.2) is 4.79 Å². The average Bonchev–Trinajstić information content (AvgIpc) is 2.73. The summed E-state index contributed by atoms with van der Waals surface area (Å²) in [4.78, 5) is 26.0. The van der Waals surface area contributed by atoms with Crippen molar-refractivity contribution >= 4 is 12.0 Å². The molecule has 1 N–H and O–H groups in total. The van der Waals surface area contributed by atoms with Gasteiger partial charge in [-0.15, -0.1) is 0 Å². The van der Waals surface area contributed by atoms with Gasteiger partial charge >= 0.3 is 6.09 Å². The third-order valence-corrected chi connectivity index (χ3v) is 4.14. The van der Waals surface area contributed by atoms with Crippen LogP contribution >= 0.6 is 0 Å². The van der Waals surface area contributed by atoms with Crippen molar-refractivity contribution in [1.82, 2.24) is 10.2 Å². The SMILES string of the molecule is CC[C@H](C)[C@H](NC(=O)OC)C(=O)N1[C@H](C)CC[C@@H]1C. The molecule has 1 heterocycles. The summed E-state index contributed by atoms with van der Waals surface area (Å²) in [5.41, 5.74) is 0. The normalized spacial score (nSPS) is 25.8. The minimum absolute atomic E-state index is 0.0113. The number of hydrogen-bond donors (Lipinski definition) is 1. The topological polar surface area (TPSA) is 58.6 Å². The first-order valence-electron chi connectivity index (χ1n) is 7.09. The van der Waals surface area contributed by atoms with E-state index in [1.54, 1.807) is 0 Å². The summed E-state index contributed by atoms with van der Waals surface area (Å²) in [6.45, 7) is 8.12. The number of rotatable bonds is 4. The van der Waals surface area contributed by atoms with E-state index in [1.165, 1.54) is 7.11 Å². The fourth-order valence-corrected chi connectivity index (χ4v) is 2.66. The van der Waals surface area contributed by atoms with Crippen molar-refractivity contribution in [2.24, 2.45) is 5.92 Å². The van der Waals surface area contributed by atoms with Crippen molar-refractivity contribution in [2.75, 3.05) is 7.11 Å². The van der Waals surface area contributed by atoms with Crippen molar-refractivity contribution in [3.63, 3.8) is 0 Å². The maximum absolute atomic E-state index is 12.7. The number of amides is 2. The summed E-state index contributed by atoms with van der Waals surface area (Å²) in [5.74, 6) is 0.101. The van der Waals surface area contributed by atoms with Gasteiger partial charge in [0.15, 0.2) is 0 Å². The monoisotopic (exact) mass is 270 g/mol. The van der Waals surface area contributed by atoms with Gasteiger partial charge in [0.25, 0.3) is 0 Å². The maximum atomic E-state index is 12.7. The lowest BCUT2D eigenvalue weighted by atomic mass is 9.97. The van der Waals surface area contributed by atoms with Gasteiger partial charge in [0, 0.05) is 12.1 Å². The summed E-state index contributed by atoms with van der Waals surface area (Å²) in [7, 11) is 1.31. The fourth-order valence-electron chi connectivity index (χ4n) is 2.66. The van der Waals surface area contributed by atoms with Crippen LogP contribution in [0.15, 0.2) is 0 Å². The molecule has 0 unspecified atom stereocenters. The Morgan fingerprint density at radius 1 is 1.32 bits per heavy atom. The highest BCUT2D eigenvalue weighted by molar-refractivity contribution is 5.86. The number of nitrogens with one attached hydrogen (secondary N) is 1. The Hall–Kier alpha value is -1.26. The van der Waals surface area contributed by atoms with Gasteiger partial charge in [-0.2, -0.15) is 0 Å². The summed E-state index contributed by atoms with van der Waals surface area (Å²) < 4.78 is 4.62. The Kier molecular flexibility index (Phi) is 5.63. The number of methoxy groups -OCH3 is 1. The third-order valence-electron chi connectivity index (χ3n) is 4.14. The van der Waals surface area contributed by atoms with Gasteiger partial charge in [-0.3, -0.25) is 4.79 Å². The fraction of sp³-hybridized carbons (Fsp3) is 0.857. The Bertz CT molecular complexity index is 323. The van der Waals surface area contributed by atoms with Crippen LogP contribution in [0.2, 0.25) is 0 Å². The molecular formula is C14H26N2O3. The van der Waals surface area contributed by atoms with Gasteiger partial charge in [0.1, 0.15) is 6.04 Å². The molecule has 2 amide bonds. The number of likely N-dealkylation sites (tertiary alicyclic amines) is 1. The van der Waals surface area contributed by atoms with E-state index in [4.69, 9.17) is 0 Å². The number of alkyl carbamates (subject to hydrolysis) is 1. The molecule has 0 saturated carbocycles. The van der Waals surface area contributed by atoms with Crippen molar-refractivity contribution in [3.05, 3.63) is 0 Å². The molecule has 0 aromatic carbocycles. The molecular weight excluding hydrogens is 244 g/mol. The van der Waals surface area contributed by atoms with Crippen LogP contribution in [0.4, 0.5) is 4.79 Å². The molecule has 110 valence electrons. The molecule has 1 aliphatic heterocycles. The number of hydrogen-bond acceptors (Lipinski definition) is 3. The lowest BCUT2D eigenvalue weighted by Crippen LogP contribution is -2.54. The highest BCUT2D eigenvalue weighted by Crippen LogP contribution is 2.25. The van der Waals surface area contributed by atoms with E-state index >= 15 is 0 Å². The predicted octanol–water partition coefficient (Wildman–Crippen LogP) is 2.16. The van der Waals surface area contributed by atoms with E-state index in [2.05, 4.69) is 23.9 Å². The number of ether oxygens (including phenoxy) is 1. The lowest BCUT2D eigenvalue weighted by molar-refractivity contribution is -0.137. The van der Waals surface area contributed by atoms with Gasteiger partial charge in [0.2, 0.25) is 5.91 Å². The second-order valence-corrected chi connectivity index (χ2v) is 5.52. The first-order chi connectivity index (χ1) is 8.92. The molecule has 4 atom stereocenters. The molecule has 0 radical (unpaired) electrons. The molecule has 1 fully saturated rings. The van der Waals surface area contributed by atoms with Crippen LogP contribution in [0.5, 0.6) is 0 Å². The van der Waals surface area contributed by atoms with E-state index in [-0.39, 0.29) is 23.9 Å². The molecule has 0 aromatic heterocycles. The lowest BCUT2D eigenvalue weighted by Gasteiger charge is -2.32. The number of carbonyl (C=O) groups excluding carboxylic acids is 2. The van der Waals surface area contributed by atoms with Gasteiger partial charge < -0.3 is 15.0 Å². The Morgan fingerprint density at radius 2 is 1.84 bits per heavy atom. The van der Waals surface area contributed by atoms with E-state index in [0.717, 1.165) is 19.3 Å². The first kappa shape index (κ1) is 15.8. The molecule has 5 heteroatoms. The van der Waals surface area contributed by atoms with Gasteiger partial charge in [-0.05, 0) is 32.6 Å². The number of carbonyl (C=O) groups is 2. The molecule has 1 aliphatic rings. The van der Waals surface area contributed by atoms with Crippen LogP contribution in [-0.4, -0.2) is 42.1 Å². The second-order valence-electron chi connectivity index (χ2n) is 5.52. The first-order valence-corrected chi connectivity index (χ1v) is 7.09. The van der Waals surface area contributed by atoms with Crippen molar-refractivity contribution in [1.29, 1.82) is 0 Å². The Balaban J connectivity index is 2.84. The summed E-state index contributed by atoms with van der Waals surface area (Å²) in [5, 5.41) is 2.68. The van der Waals surface area contributed by atoms with Gasteiger partial charge in [0.05, 0.1) is 7.11 Å². The molecule has 5 nitrogen and oxygen atoms in total. The van der Waals surface area contributed by atoms with E-state index in [9.17, 15) is 9.59 Å². The largest absolute Gasteiger partial charge is 0.453 e. The van der Waals surface area contributed by atoms with Crippen LogP contribution in [0, 0.1) is 5.92 Å². The average molecular weight is 270 g/mol. The molecule has 19 heavy (non-hydrogen) atoms. The van der Waals surface area contributed by atoms with Crippen LogP contribution < -0.4 is 5.32 Å². The molecule has 1 saturated heterocycles. The van der Waals surface area contributed by atoms with E-state index in [0.29, 0.717) is 0 Å². The predicted molar refractivity (Wildman–Crippen MR) is 73.8 cm³/mol. The van der Waals surface area contributed by atoms with Crippen LogP contribution in [0.3, 0.4) is 0 Å². The number of nitrogens with zero attached hydrogens (tertiary/aromatic N) is 1. The quantitative estimate of drug-likeness (QED) is 0.851. The maximum Gasteiger partial charge on any atom is 0.407 e. The second kappa shape index (κ2) is 6.78. The third kappa shape index (κ3) is 3.61. The Labute approximate surface area is 115 Å². The highest BCUT2D eigenvalue weighted by Gasteiger charge is 2.37. The standard InChI is InChI=1S/C14H26N2O3/c1-6-9(2)12(15-14(18)19-5)13(17)16-10(3)7-8-11(16)4/h9-12H,6-8H2,1-5H3,(H,15,18)/t9-,10-,11+,12-/m0/s1. The molecule has 0 bridgehead atoms.